The summed E-state index contributed by atoms with van der Waals surface area (Å²) in [6, 6.07) is 7.58. The second-order valence-corrected chi connectivity index (χ2v) is 8.81. The Balaban J connectivity index is 2.17. The molecule has 0 amide bonds. The first-order valence-corrected chi connectivity index (χ1v) is 10.1. The molecule has 150 valence electrons. The molecule has 0 saturated carbocycles. The van der Waals surface area contributed by atoms with Gasteiger partial charge < -0.3 is 14.6 Å². The van der Waals surface area contributed by atoms with Gasteiger partial charge in [-0.05, 0) is 57.7 Å². The largest absolute Gasteiger partial charge is 0.497 e. The molecule has 0 bridgehead atoms. The Morgan fingerprint density at radius 1 is 1.30 bits per heavy atom. The molecule has 2 unspecified atom stereocenters. The average Bonchev–Trinajstić information content (AvgIpc) is 3.03. The minimum atomic E-state index is -0.786. The molecule has 7 heteroatoms. The number of carbonyl (C=O) groups is 2. The van der Waals surface area contributed by atoms with Crippen molar-refractivity contribution < 1.29 is 24.2 Å². The van der Waals surface area contributed by atoms with Crippen LogP contribution in [0.2, 0.25) is 0 Å². The van der Waals surface area contributed by atoms with Gasteiger partial charge in [0.2, 0.25) is 0 Å². The Kier molecular flexibility index (Phi) is 7.56. The molecular formula is C20H29NO5S. The summed E-state index contributed by atoms with van der Waals surface area (Å²) in [4.78, 5) is 23.8. The minimum Gasteiger partial charge on any atom is -0.497 e. The monoisotopic (exact) mass is 395 g/mol. The van der Waals surface area contributed by atoms with Crippen molar-refractivity contribution in [2.45, 2.75) is 63.3 Å². The Morgan fingerprint density at radius 2 is 1.96 bits per heavy atom. The van der Waals surface area contributed by atoms with E-state index in [-0.39, 0.29) is 18.4 Å². The van der Waals surface area contributed by atoms with E-state index >= 15 is 0 Å². The van der Waals surface area contributed by atoms with E-state index in [9.17, 15) is 9.59 Å². The Bertz CT molecular complexity index is 641. The second kappa shape index (κ2) is 9.46. The van der Waals surface area contributed by atoms with Gasteiger partial charge in [-0.25, -0.2) is 4.31 Å². The number of benzene rings is 1. The van der Waals surface area contributed by atoms with E-state index in [0.29, 0.717) is 6.42 Å². The lowest BCUT2D eigenvalue weighted by Crippen LogP contribution is -2.30. The zero-order valence-corrected chi connectivity index (χ0v) is 17.3. The van der Waals surface area contributed by atoms with E-state index in [1.54, 1.807) is 7.11 Å². The third kappa shape index (κ3) is 6.74. The number of ether oxygens (including phenoxy) is 2. The van der Waals surface area contributed by atoms with Crippen LogP contribution in [0.1, 0.15) is 57.3 Å². The molecule has 1 aliphatic rings. The van der Waals surface area contributed by atoms with Crippen LogP contribution >= 0.6 is 11.9 Å². The molecule has 2 atom stereocenters. The first-order chi connectivity index (χ1) is 12.7. The molecule has 0 aliphatic carbocycles. The molecule has 27 heavy (non-hydrogen) atoms. The Labute approximate surface area is 165 Å². The lowest BCUT2D eigenvalue weighted by molar-refractivity contribution is -0.154. The maximum atomic E-state index is 12.9. The molecule has 1 aromatic carbocycles. The molecule has 6 nitrogen and oxygen atoms in total. The molecule has 1 heterocycles. The van der Waals surface area contributed by atoms with Crippen molar-refractivity contribution in [2.75, 3.05) is 13.7 Å². The first kappa shape index (κ1) is 21.6. The van der Waals surface area contributed by atoms with Gasteiger partial charge in [-0.1, -0.05) is 24.1 Å². The van der Waals surface area contributed by atoms with E-state index in [0.717, 1.165) is 30.7 Å². The summed E-state index contributed by atoms with van der Waals surface area (Å²) < 4.78 is 13.0. The van der Waals surface area contributed by atoms with Crippen LogP contribution in [0.25, 0.3) is 0 Å². The summed E-state index contributed by atoms with van der Waals surface area (Å²) in [5.41, 5.74) is 0.273. The molecule has 1 saturated heterocycles. The topological polar surface area (TPSA) is 76.1 Å². The SMILES string of the molecule is COc1ccc(C(SN2CCCC2CCC(=O)O)C(=O)OC(C)(C)C)cc1. The fourth-order valence-electron chi connectivity index (χ4n) is 3.04. The maximum absolute atomic E-state index is 12.9. The quantitative estimate of drug-likeness (QED) is 0.525. The van der Waals surface area contributed by atoms with Crippen LogP contribution in [0.5, 0.6) is 5.75 Å². The lowest BCUT2D eigenvalue weighted by Gasteiger charge is -2.29. The van der Waals surface area contributed by atoms with Crippen molar-refractivity contribution in [1.29, 1.82) is 0 Å². The van der Waals surface area contributed by atoms with Gasteiger partial charge >= 0.3 is 11.9 Å². The van der Waals surface area contributed by atoms with Gasteiger partial charge in [0.05, 0.1) is 7.11 Å². The Hall–Kier alpha value is -1.73. The average molecular weight is 396 g/mol. The number of esters is 1. The Morgan fingerprint density at radius 3 is 2.52 bits per heavy atom. The highest BCUT2D eigenvalue weighted by Crippen LogP contribution is 2.39. The smallest absolute Gasteiger partial charge is 0.325 e. The highest BCUT2D eigenvalue weighted by Gasteiger charge is 2.34. The van der Waals surface area contributed by atoms with Crippen molar-refractivity contribution in [2.24, 2.45) is 0 Å². The molecule has 0 radical (unpaired) electrons. The van der Waals surface area contributed by atoms with Gasteiger partial charge in [-0.3, -0.25) is 9.59 Å². The molecule has 1 aromatic rings. The van der Waals surface area contributed by atoms with Crippen molar-refractivity contribution in [3.05, 3.63) is 29.8 Å². The highest BCUT2D eigenvalue weighted by molar-refractivity contribution is 7.98. The number of nitrogens with zero attached hydrogens (tertiary/aromatic N) is 1. The third-order valence-corrected chi connectivity index (χ3v) is 5.72. The van der Waals surface area contributed by atoms with Crippen LogP contribution in [-0.4, -0.2) is 46.6 Å². The molecule has 1 N–H and O–H groups in total. The number of carboxylic acids is 1. The molecule has 0 spiro atoms. The second-order valence-electron chi connectivity index (χ2n) is 7.66. The van der Waals surface area contributed by atoms with Crippen LogP contribution in [0.4, 0.5) is 0 Å². The summed E-state index contributed by atoms with van der Waals surface area (Å²) >= 11 is 1.45. The van der Waals surface area contributed by atoms with Crippen molar-refractivity contribution in [1.82, 2.24) is 4.31 Å². The zero-order valence-electron chi connectivity index (χ0n) is 16.4. The van der Waals surface area contributed by atoms with E-state index in [2.05, 4.69) is 4.31 Å². The number of hydrogen-bond donors (Lipinski definition) is 1. The summed E-state index contributed by atoms with van der Waals surface area (Å²) in [5.74, 6) is -0.348. The van der Waals surface area contributed by atoms with Gasteiger partial charge in [0.15, 0.2) is 0 Å². The molecule has 1 fully saturated rings. The number of aliphatic carboxylic acids is 1. The minimum absolute atomic E-state index is 0.140. The standard InChI is InChI=1S/C20H29NO5S/c1-20(2,3)26-19(24)18(14-7-10-16(25-4)11-8-14)27-21-13-5-6-15(21)9-12-17(22)23/h7-8,10-11,15,18H,5-6,9,12-13H2,1-4H3,(H,22,23). The molecule has 1 aliphatic heterocycles. The van der Waals surface area contributed by atoms with E-state index in [4.69, 9.17) is 14.6 Å². The van der Waals surface area contributed by atoms with Gasteiger partial charge in [0, 0.05) is 19.0 Å². The molecule has 0 aromatic heterocycles. The maximum Gasteiger partial charge on any atom is 0.325 e. The van der Waals surface area contributed by atoms with E-state index < -0.39 is 16.8 Å². The van der Waals surface area contributed by atoms with Gasteiger partial charge in [-0.15, -0.1) is 0 Å². The van der Waals surface area contributed by atoms with Gasteiger partial charge in [0.1, 0.15) is 16.6 Å². The fraction of sp³-hybridized carbons (Fsp3) is 0.600. The molecular weight excluding hydrogens is 366 g/mol. The predicted molar refractivity (Wildman–Crippen MR) is 106 cm³/mol. The summed E-state index contributed by atoms with van der Waals surface area (Å²) in [7, 11) is 1.60. The van der Waals surface area contributed by atoms with Crippen LogP contribution in [0.3, 0.4) is 0 Å². The van der Waals surface area contributed by atoms with E-state index in [1.807, 2.05) is 45.0 Å². The third-order valence-electron chi connectivity index (χ3n) is 4.29. The van der Waals surface area contributed by atoms with Crippen LogP contribution < -0.4 is 4.74 Å². The highest BCUT2D eigenvalue weighted by atomic mass is 32.2. The fourth-order valence-corrected chi connectivity index (χ4v) is 4.34. The van der Waals surface area contributed by atoms with Gasteiger partial charge in [-0.2, -0.15) is 0 Å². The molecule has 2 rings (SSSR count). The number of hydrogen-bond acceptors (Lipinski definition) is 6. The van der Waals surface area contributed by atoms with Crippen molar-refractivity contribution in [3.8, 4) is 5.75 Å². The first-order valence-electron chi connectivity index (χ1n) is 9.21. The summed E-state index contributed by atoms with van der Waals surface area (Å²) in [6.45, 7) is 6.40. The van der Waals surface area contributed by atoms with Crippen molar-refractivity contribution >= 4 is 23.9 Å². The number of carbonyl (C=O) groups excluding carboxylic acids is 1. The van der Waals surface area contributed by atoms with Crippen LogP contribution in [-0.2, 0) is 14.3 Å². The van der Waals surface area contributed by atoms with Crippen LogP contribution in [0, 0.1) is 0 Å². The normalized spacial score (nSPS) is 18.9. The summed E-state index contributed by atoms with van der Waals surface area (Å²) in [5, 5.41) is 8.47. The van der Waals surface area contributed by atoms with Crippen LogP contribution in [0.15, 0.2) is 24.3 Å². The summed E-state index contributed by atoms with van der Waals surface area (Å²) in [6.07, 6.45) is 2.68. The lowest BCUT2D eigenvalue weighted by atomic mass is 10.1. The zero-order chi connectivity index (χ0) is 20.0. The number of carboxylic acid groups (broad SMARTS) is 1. The predicted octanol–water partition coefficient (Wildman–Crippen LogP) is 4.06. The number of rotatable bonds is 8. The van der Waals surface area contributed by atoms with E-state index in [1.165, 1.54) is 11.9 Å². The van der Waals surface area contributed by atoms with Crippen molar-refractivity contribution in [3.63, 3.8) is 0 Å². The number of methoxy groups -OCH3 is 1. The van der Waals surface area contributed by atoms with Gasteiger partial charge in [0.25, 0.3) is 0 Å².